The fourth-order valence-electron chi connectivity index (χ4n) is 2.13. The van der Waals surface area contributed by atoms with E-state index in [2.05, 4.69) is 34.1 Å². The fraction of sp³-hybridized carbons (Fsp3) is 0.294. The van der Waals surface area contributed by atoms with Crippen LogP contribution in [0.5, 0.6) is 5.75 Å². The van der Waals surface area contributed by atoms with Gasteiger partial charge in [0.15, 0.2) is 0 Å². The van der Waals surface area contributed by atoms with E-state index >= 15 is 0 Å². The molecule has 0 amide bonds. The molecule has 2 aromatic carbocycles. The molecule has 0 heterocycles. The molecule has 0 spiro atoms. The van der Waals surface area contributed by atoms with Crippen LogP contribution < -0.4 is 10.5 Å². The number of hydrogen-bond donors (Lipinski definition) is 1. The van der Waals surface area contributed by atoms with Crippen LogP contribution in [0, 0.1) is 0 Å². The number of nitrogens with two attached hydrogens (primary N) is 1. The summed E-state index contributed by atoms with van der Waals surface area (Å²) in [7, 11) is 0. The van der Waals surface area contributed by atoms with Crippen molar-refractivity contribution < 1.29 is 4.74 Å². The van der Waals surface area contributed by atoms with Gasteiger partial charge in [-0.15, -0.1) is 0 Å². The Morgan fingerprint density at radius 1 is 1.10 bits per heavy atom. The van der Waals surface area contributed by atoms with E-state index < -0.39 is 0 Å². The highest BCUT2D eigenvalue weighted by Crippen LogP contribution is 2.22. The summed E-state index contributed by atoms with van der Waals surface area (Å²) in [6.45, 7) is 4.04. The van der Waals surface area contributed by atoms with Crippen molar-refractivity contribution in [3.05, 3.63) is 64.1 Å². The van der Waals surface area contributed by atoms with Gasteiger partial charge in [0.1, 0.15) is 5.75 Å². The standard InChI is InChI=1S/C17H20BrNO/c1-12(2)20-16-8-4-6-14(11-16)17(19)10-13-5-3-7-15(18)9-13/h3-9,11-12,17H,10,19H2,1-2H3. The normalized spacial score (nSPS) is 12.4. The minimum atomic E-state index is -0.0278. The van der Waals surface area contributed by atoms with Crippen LogP contribution in [0.1, 0.15) is 31.0 Å². The van der Waals surface area contributed by atoms with Crippen LogP contribution in [-0.2, 0) is 6.42 Å². The zero-order valence-corrected chi connectivity index (χ0v) is 13.4. The van der Waals surface area contributed by atoms with Crippen molar-refractivity contribution in [1.82, 2.24) is 0 Å². The van der Waals surface area contributed by atoms with E-state index in [4.69, 9.17) is 10.5 Å². The number of halogens is 1. The largest absolute Gasteiger partial charge is 0.491 e. The van der Waals surface area contributed by atoms with Gasteiger partial charge in [-0.25, -0.2) is 0 Å². The fourth-order valence-corrected chi connectivity index (χ4v) is 2.57. The van der Waals surface area contributed by atoms with Crippen LogP contribution in [0.2, 0.25) is 0 Å². The molecule has 0 fully saturated rings. The molecule has 2 aromatic rings. The molecule has 1 unspecified atom stereocenters. The van der Waals surface area contributed by atoms with Crippen molar-refractivity contribution in [3.8, 4) is 5.75 Å². The Labute approximate surface area is 129 Å². The lowest BCUT2D eigenvalue weighted by Crippen LogP contribution is -2.14. The summed E-state index contributed by atoms with van der Waals surface area (Å²) >= 11 is 3.49. The van der Waals surface area contributed by atoms with Gasteiger partial charge in [-0.1, -0.05) is 40.2 Å². The molecule has 0 aliphatic carbocycles. The van der Waals surface area contributed by atoms with Gasteiger partial charge in [0, 0.05) is 10.5 Å². The Bertz CT molecular complexity index is 568. The first-order valence-corrected chi connectivity index (χ1v) is 7.60. The second kappa shape index (κ2) is 6.91. The quantitative estimate of drug-likeness (QED) is 0.875. The van der Waals surface area contributed by atoms with Gasteiger partial charge in [-0.2, -0.15) is 0 Å². The van der Waals surface area contributed by atoms with Crippen molar-refractivity contribution in [1.29, 1.82) is 0 Å². The molecule has 2 N–H and O–H groups in total. The van der Waals surface area contributed by atoms with E-state index in [1.807, 2.05) is 44.2 Å². The highest BCUT2D eigenvalue weighted by molar-refractivity contribution is 9.10. The third-order valence-corrected chi connectivity index (χ3v) is 3.50. The van der Waals surface area contributed by atoms with Crippen LogP contribution in [-0.4, -0.2) is 6.10 Å². The van der Waals surface area contributed by atoms with Gasteiger partial charge < -0.3 is 10.5 Å². The van der Waals surface area contributed by atoms with Crippen molar-refractivity contribution in [2.75, 3.05) is 0 Å². The first-order valence-electron chi connectivity index (χ1n) is 6.81. The molecule has 20 heavy (non-hydrogen) atoms. The molecule has 0 aliphatic heterocycles. The summed E-state index contributed by atoms with van der Waals surface area (Å²) in [6, 6.07) is 16.3. The van der Waals surface area contributed by atoms with Gasteiger partial charge in [-0.3, -0.25) is 0 Å². The lowest BCUT2D eigenvalue weighted by Gasteiger charge is -2.15. The van der Waals surface area contributed by atoms with E-state index in [9.17, 15) is 0 Å². The molecule has 0 saturated heterocycles. The molecule has 0 saturated carbocycles. The minimum absolute atomic E-state index is 0.0278. The lowest BCUT2D eigenvalue weighted by atomic mass is 9.99. The molecule has 0 aliphatic rings. The molecular formula is C17H20BrNO. The van der Waals surface area contributed by atoms with Crippen molar-refractivity contribution in [3.63, 3.8) is 0 Å². The highest BCUT2D eigenvalue weighted by Gasteiger charge is 2.09. The van der Waals surface area contributed by atoms with Crippen LogP contribution >= 0.6 is 15.9 Å². The van der Waals surface area contributed by atoms with E-state index in [1.165, 1.54) is 5.56 Å². The highest BCUT2D eigenvalue weighted by atomic mass is 79.9. The predicted octanol–water partition coefficient (Wildman–Crippen LogP) is 4.48. The monoisotopic (exact) mass is 333 g/mol. The molecule has 2 rings (SSSR count). The van der Waals surface area contributed by atoms with E-state index in [0.29, 0.717) is 0 Å². The van der Waals surface area contributed by atoms with Crippen molar-refractivity contribution in [2.24, 2.45) is 5.73 Å². The maximum Gasteiger partial charge on any atom is 0.120 e. The maximum absolute atomic E-state index is 6.31. The second-order valence-electron chi connectivity index (χ2n) is 5.18. The van der Waals surface area contributed by atoms with Gasteiger partial charge >= 0.3 is 0 Å². The Kier molecular flexibility index (Phi) is 5.21. The topological polar surface area (TPSA) is 35.2 Å². The summed E-state index contributed by atoms with van der Waals surface area (Å²) in [6.07, 6.45) is 0.983. The van der Waals surface area contributed by atoms with Gasteiger partial charge in [0.05, 0.1) is 6.10 Å². The first kappa shape index (κ1) is 15.1. The molecule has 106 valence electrons. The number of hydrogen-bond acceptors (Lipinski definition) is 2. The van der Waals surface area contributed by atoms with E-state index in [0.717, 1.165) is 22.2 Å². The van der Waals surface area contributed by atoms with Crippen LogP contribution in [0.25, 0.3) is 0 Å². The van der Waals surface area contributed by atoms with Crippen LogP contribution in [0.3, 0.4) is 0 Å². The molecule has 0 radical (unpaired) electrons. The summed E-state index contributed by atoms with van der Waals surface area (Å²) in [5.74, 6) is 0.877. The number of rotatable bonds is 5. The molecule has 0 aromatic heterocycles. The molecule has 1 atom stereocenters. The second-order valence-corrected chi connectivity index (χ2v) is 6.10. The Hall–Kier alpha value is -1.32. The third-order valence-electron chi connectivity index (χ3n) is 3.00. The van der Waals surface area contributed by atoms with Crippen molar-refractivity contribution in [2.45, 2.75) is 32.4 Å². The average Bonchev–Trinajstić information content (AvgIpc) is 2.38. The number of ether oxygens (including phenoxy) is 1. The summed E-state index contributed by atoms with van der Waals surface area (Å²) in [5, 5.41) is 0. The van der Waals surface area contributed by atoms with Gasteiger partial charge in [-0.05, 0) is 55.7 Å². The summed E-state index contributed by atoms with van der Waals surface area (Å²) in [5.41, 5.74) is 8.63. The summed E-state index contributed by atoms with van der Waals surface area (Å²) in [4.78, 5) is 0. The molecule has 3 heteroatoms. The Morgan fingerprint density at radius 2 is 1.85 bits per heavy atom. The lowest BCUT2D eigenvalue weighted by molar-refractivity contribution is 0.242. The Morgan fingerprint density at radius 3 is 2.55 bits per heavy atom. The smallest absolute Gasteiger partial charge is 0.120 e. The third kappa shape index (κ3) is 4.36. The van der Waals surface area contributed by atoms with Crippen LogP contribution in [0.15, 0.2) is 53.0 Å². The maximum atomic E-state index is 6.31. The van der Waals surface area contributed by atoms with Crippen LogP contribution in [0.4, 0.5) is 0 Å². The average molecular weight is 334 g/mol. The van der Waals surface area contributed by atoms with Gasteiger partial charge in [0.25, 0.3) is 0 Å². The first-order chi connectivity index (χ1) is 9.54. The predicted molar refractivity (Wildman–Crippen MR) is 87.0 cm³/mol. The SMILES string of the molecule is CC(C)Oc1cccc(C(N)Cc2cccc(Br)c2)c1. The van der Waals surface area contributed by atoms with E-state index in [-0.39, 0.29) is 12.1 Å². The molecular weight excluding hydrogens is 314 g/mol. The zero-order valence-electron chi connectivity index (χ0n) is 11.8. The Balaban J connectivity index is 2.10. The van der Waals surface area contributed by atoms with E-state index in [1.54, 1.807) is 0 Å². The molecule has 0 bridgehead atoms. The summed E-state index contributed by atoms with van der Waals surface area (Å²) < 4.78 is 6.79. The number of benzene rings is 2. The molecule has 2 nitrogen and oxygen atoms in total. The minimum Gasteiger partial charge on any atom is -0.491 e. The van der Waals surface area contributed by atoms with Gasteiger partial charge in [0.2, 0.25) is 0 Å². The van der Waals surface area contributed by atoms with Crippen molar-refractivity contribution >= 4 is 15.9 Å². The zero-order chi connectivity index (χ0) is 14.5.